The molecule has 1 aliphatic rings. The number of carbonyl (C=O) groups excluding carboxylic acids is 1. The van der Waals surface area contributed by atoms with Crippen LogP contribution in [0.4, 0.5) is 0 Å². The normalized spacial score (nSPS) is 28.1. The molecule has 0 heterocycles. The molecule has 1 aliphatic carbocycles. The van der Waals surface area contributed by atoms with Gasteiger partial charge in [-0.3, -0.25) is 9.59 Å². The van der Waals surface area contributed by atoms with Crippen molar-refractivity contribution in [1.29, 1.82) is 0 Å². The SMILES string of the molecule is CCCC(C)(C)NC(=O)[C@H]1CC(C)C[C@H]1C(=O)O. The highest BCUT2D eigenvalue weighted by atomic mass is 16.4. The van der Waals surface area contributed by atoms with Gasteiger partial charge in [0.25, 0.3) is 0 Å². The average molecular weight is 255 g/mol. The fourth-order valence-corrected chi connectivity index (χ4v) is 2.97. The Morgan fingerprint density at radius 3 is 2.33 bits per heavy atom. The molecular formula is C14H25NO3. The fourth-order valence-electron chi connectivity index (χ4n) is 2.97. The maximum Gasteiger partial charge on any atom is 0.307 e. The summed E-state index contributed by atoms with van der Waals surface area (Å²) in [6.45, 7) is 8.07. The standard InChI is InChI=1S/C14H25NO3/c1-5-6-14(3,4)15-12(16)10-7-9(2)8-11(10)13(17)18/h9-11H,5-8H2,1-4H3,(H,15,16)(H,17,18)/t9?,10-,11+/m0/s1. The molecule has 0 aliphatic heterocycles. The number of aliphatic carboxylic acids is 1. The first-order chi connectivity index (χ1) is 8.26. The molecule has 1 unspecified atom stereocenters. The second-order valence-electron chi connectivity index (χ2n) is 6.25. The van der Waals surface area contributed by atoms with Crippen LogP contribution in [0.15, 0.2) is 0 Å². The topological polar surface area (TPSA) is 66.4 Å². The van der Waals surface area contributed by atoms with E-state index in [-0.39, 0.29) is 17.4 Å². The minimum atomic E-state index is -0.840. The molecule has 1 fully saturated rings. The van der Waals surface area contributed by atoms with E-state index < -0.39 is 11.9 Å². The number of rotatable bonds is 5. The predicted octanol–water partition coefficient (Wildman–Crippen LogP) is 2.43. The molecule has 104 valence electrons. The predicted molar refractivity (Wildman–Crippen MR) is 70.1 cm³/mol. The molecular weight excluding hydrogens is 230 g/mol. The molecule has 1 saturated carbocycles. The van der Waals surface area contributed by atoms with Crippen molar-refractivity contribution in [3.05, 3.63) is 0 Å². The van der Waals surface area contributed by atoms with Crippen molar-refractivity contribution in [3.8, 4) is 0 Å². The number of carbonyl (C=O) groups is 2. The van der Waals surface area contributed by atoms with Crippen molar-refractivity contribution in [3.63, 3.8) is 0 Å². The summed E-state index contributed by atoms with van der Waals surface area (Å²) in [7, 11) is 0. The Labute approximate surface area is 109 Å². The van der Waals surface area contributed by atoms with Gasteiger partial charge >= 0.3 is 5.97 Å². The minimum Gasteiger partial charge on any atom is -0.481 e. The maximum absolute atomic E-state index is 12.2. The van der Waals surface area contributed by atoms with Crippen LogP contribution in [0, 0.1) is 17.8 Å². The lowest BCUT2D eigenvalue weighted by Crippen LogP contribution is -2.47. The van der Waals surface area contributed by atoms with E-state index in [1.165, 1.54) is 0 Å². The first kappa shape index (κ1) is 15.0. The smallest absolute Gasteiger partial charge is 0.307 e. The summed E-state index contributed by atoms with van der Waals surface area (Å²) in [6, 6.07) is 0. The minimum absolute atomic E-state index is 0.0924. The van der Waals surface area contributed by atoms with Gasteiger partial charge in [-0.15, -0.1) is 0 Å². The summed E-state index contributed by atoms with van der Waals surface area (Å²) in [5.74, 6) is -1.50. The second-order valence-corrected chi connectivity index (χ2v) is 6.25. The molecule has 0 aromatic carbocycles. The third-order valence-electron chi connectivity index (χ3n) is 3.79. The van der Waals surface area contributed by atoms with Gasteiger partial charge in [0.15, 0.2) is 0 Å². The van der Waals surface area contributed by atoms with Gasteiger partial charge in [0, 0.05) is 5.54 Å². The molecule has 0 spiro atoms. The highest BCUT2D eigenvalue weighted by Crippen LogP contribution is 2.36. The zero-order valence-electron chi connectivity index (χ0n) is 11.8. The summed E-state index contributed by atoms with van der Waals surface area (Å²) in [6.07, 6.45) is 3.20. The molecule has 1 rings (SSSR count). The Bertz CT molecular complexity index is 325. The van der Waals surface area contributed by atoms with Gasteiger partial charge in [-0.1, -0.05) is 20.3 Å². The van der Waals surface area contributed by atoms with E-state index >= 15 is 0 Å². The molecule has 4 heteroatoms. The summed E-state index contributed by atoms with van der Waals surface area (Å²) in [4.78, 5) is 23.4. The largest absolute Gasteiger partial charge is 0.481 e. The second kappa shape index (κ2) is 5.72. The molecule has 18 heavy (non-hydrogen) atoms. The molecule has 4 nitrogen and oxygen atoms in total. The number of carboxylic acid groups (broad SMARTS) is 1. The first-order valence-electron chi connectivity index (χ1n) is 6.81. The van der Waals surface area contributed by atoms with Crippen molar-refractivity contribution in [1.82, 2.24) is 5.32 Å². The molecule has 0 aromatic heterocycles. The molecule has 1 amide bonds. The lowest BCUT2D eigenvalue weighted by atomic mass is 9.92. The van der Waals surface area contributed by atoms with E-state index in [1.54, 1.807) is 0 Å². The van der Waals surface area contributed by atoms with Crippen LogP contribution < -0.4 is 5.32 Å². The van der Waals surface area contributed by atoms with Crippen LogP contribution in [0.5, 0.6) is 0 Å². The molecule has 0 aromatic rings. The van der Waals surface area contributed by atoms with Crippen molar-refractivity contribution in [2.24, 2.45) is 17.8 Å². The lowest BCUT2D eigenvalue weighted by molar-refractivity contribution is -0.146. The average Bonchev–Trinajstić information content (AvgIpc) is 2.59. The van der Waals surface area contributed by atoms with Crippen molar-refractivity contribution >= 4 is 11.9 Å². The summed E-state index contributed by atoms with van der Waals surface area (Å²) in [5.41, 5.74) is -0.249. The van der Waals surface area contributed by atoms with Crippen LogP contribution in [0.2, 0.25) is 0 Å². The van der Waals surface area contributed by atoms with Crippen LogP contribution in [-0.4, -0.2) is 22.5 Å². The van der Waals surface area contributed by atoms with E-state index in [0.717, 1.165) is 12.8 Å². The fraction of sp³-hybridized carbons (Fsp3) is 0.857. The molecule has 2 N–H and O–H groups in total. The number of carboxylic acids is 1. The molecule has 0 bridgehead atoms. The van der Waals surface area contributed by atoms with Gasteiger partial charge in [-0.05, 0) is 39.0 Å². The van der Waals surface area contributed by atoms with E-state index in [2.05, 4.69) is 12.2 Å². The Hall–Kier alpha value is -1.06. The van der Waals surface area contributed by atoms with E-state index in [1.807, 2.05) is 20.8 Å². The van der Waals surface area contributed by atoms with Gasteiger partial charge < -0.3 is 10.4 Å². The molecule has 3 atom stereocenters. The van der Waals surface area contributed by atoms with Crippen molar-refractivity contribution in [2.75, 3.05) is 0 Å². The zero-order chi connectivity index (χ0) is 13.9. The van der Waals surface area contributed by atoms with Gasteiger partial charge in [-0.2, -0.15) is 0 Å². The van der Waals surface area contributed by atoms with Crippen molar-refractivity contribution < 1.29 is 14.7 Å². The molecule has 0 saturated heterocycles. The van der Waals surface area contributed by atoms with Gasteiger partial charge in [0.2, 0.25) is 5.91 Å². The third kappa shape index (κ3) is 3.72. The Balaban J connectivity index is 2.68. The number of nitrogens with one attached hydrogen (secondary N) is 1. The molecule has 0 radical (unpaired) electrons. The van der Waals surface area contributed by atoms with Gasteiger partial charge in [0.05, 0.1) is 11.8 Å². The number of hydrogen-bond acceptors (Lipinski definition) is 2. The lowest BCUT2D eigenvalue weighted by Gasteiger charge is -2.28. The maximum atomic E-state index is 12.2. The highest BCUT2D eigenvalue weighted by Gasteiger charge is 2.42. The van der Waals surface area contributed by atoms with E-state index in [4.69, 9.17) is 0 Å². The Morgan fingerprint density at radius 2 is 1.83 bits per heavy atom. The van der Waals surface area contributed by atoms with E-state index in [0.29, 0.717) is 18.8 Å². The van der Waals surface area contributed by atoms with Crippen LogP contribution >= 0.6 is 0 Å². The zero-order valence-corrected chi connectivity index (χ0v) is 11.8. The summed E-state index contributed by atoms with van der Waals surface area (Å²) in [5, 5.41) is 12.2. The van der Waals surface area contributed by atoms with Crippen LogP contribution in [0.1, 0.15) is 53.4 Å². The highest BCUT2D eigenvalue weighted by molar-refractivity contribution is 5.85. The third-order valence-corrected chi connectivity index (χ3v) is 3.79. The van der Waals surface area contributed by atoms with Crippen molar-refractivity contribution in [2.45, 2.75) is 58.9 Å². The van der Waals surface area contributed by atoms with Crippen LogP contribution in [0.3, 0.4) is 0 Å². The Kier molecular flexibility index (Phi) is 4.77. The van der Waals surface area contributed by atoms with Crippen LogP contribution in [-0.2, 0) is 9.59 Å². The monoisotopic (exact) mass is 255 g/mol. The number of hydrogen-bond donors (Lipinski definition) is 2. The van der Waals surface area contributed by atoms with E-state index in [9.17, 15) is 14.7 Å². The summed E-state index contributed by atoms with van der Waals surface area (Å²) >= 11 is 0. The van der Waals surface area contributed by atoms with Gasteiger partial charge in [0.1, 0.15) is 0 Å². The number of amides is 1. The first-order valence-corrected chi connectivity index (χ1v) is 6.81. The quantitative estimate of drug-likeness (QED) is 0.793. The Morgan fingerprint density at radius 1 is 1.28 bits per heavy atom. The van der Waals surface area contributed by atoms with Gasteiger partial charge in [-0.25, -0.2) is 0 Å². The summed E-state index contributed by atoms with van der Waals surface area (Å²) < 4.78 is 0. The van der Waals surface area contributed by atoms with Crippen LogP contribution in [0.25, 0.3) is 0 Å².